The van der Waals surface area contributed by atoms with Crippen LogP contribution in [0.2, 0.25) is 10.0 Å². The fourth-order valence-corrected chi connectivity index (χ4v) is 5.80. The van der Waals surface area contributed by atoms with E-state index in [1.54, 1.807) is 37.3 Å². The second kappa shape index (κ2) is 12.3. The second-order valence-corrected chi connectivity index (χ2v) is 12.0. The topological polar surface area (TPSA) is 86.8 Å². The van der Waals surface area contributed by atoms with Gasteiger partial charge in [-0.05, 0) is 55.5 Å². The molecule has 0 radical (unpaired) electrons. The van der Waals surface area contributed by atoms with Crippen molar-refractivity contribution in [2.45, 2.75) is 64.6 Å². The van der Waals surface area contributed by atoms with Gasteiger partial charge < -0.3 is 10.2 Å². The normalized spacial score (nSPS) is 14.9. The van der Waals surface area contributed by atoms with Crippen molar-refractivity contribution in [2.75, 3.05) is 17.1 Å². The molecule has 0 aliphatic heterocycles. The van der Waals surface area contributed by atoms with Crippen molar-refractivity contribution >= 4 is 50.7 Å². The molecule has 3 rings (SSSR count). The van der Waals surface area contributed by atoms with E-state index >= 15 is 0 Å². The highest BCUT2D eigenvalue weighted by Gasteiger charge is 2.33. The van der Waals surface area contributed by atoms with Gasteiger partial charge in [-0.1, -0.05) is 67.2 Å². The van der Waals surface area contributed by atoms with E-state index in [9.17, 15) is 18.0 Å². The lowest BCUT2D eigenvalue weighted by Gasteiger charge is -2.34. The number of nitrogens with one attached hydrogen (secondary N) is 1. The molecular formula is C26H33Cl2N3O4S. The van der Waals surface area contributed by atoms with Crippen molar-refractivity contribution in [2.24, 2.45) is 0 Å². The number of aryl methyl sites for hydroxylation is 1. The third-order valence-electron chi connectivity index (χ3n) is 6.51. The summed E-state index contributed by atoms with van der Waals surface area (Å²) >= 11 is 12.5. The zero-order chi connectivity index (χ0) is 26.5. The van der Waals surface area contributed by atoms with Crippen LogP contribution in [0.3, 0.4) is 0 Å². The molecule has 2 aromatic carbocycles. The third-order valence-corrected chi connectivity index (χ3v) is 8.24. The number of carbonyl (C=O) groups is 2. The maximum atomic E-state index is 13.8. The number of rotatable bonds is 10. The SMILES string of the molecule is CC[C@H](C(=O)NC1CCCC1)N(Cc1ccccc1Cl)C(=O)CN(c1cc(Cl)ccc1C)S(C)(=O)=O. The van der Waals surface area contributed by atoms with E-state index in [1.165, 1.54) is 11.0 Å². The second-order valence-electron chi connectivity index (χ2n) is 9.23. The number of sulfonamides is 1. The Hall–Kier alpha value is -2.29. The quantitative estimate of drug-likeness (QED) is 0.451. The molecule has 36 heavy (non-hydrogen) atoms. The molecule has 1 fully saturated rings. The Bertz CT molecular complexity index is 1200. The Morgan fingerprint density at radius 1 is 1.11 bits per heavy atom. The van der Waals surface area contributed by atoms with Crippen LogP contribution < -0.4 is 9.62 Å². The van der Waals surface area contributed by atoms with Gasteiger partial charge in [0.2, 0.25) is 21.8 Å². The minimum atomic E-state index is -3.84. The average molecular weight is 555 g/mol. The van der Waals surface area contributed by atoms with Crippen LogP contribution >= 0.6 is 23.2 Å². The van der Waals surface area contributed by atoms with Gasteiger partial charge in [0.25, 0.3) is 0 Å². The lowest BCUT2D eigenvalue weighted by molar-refractivity contribution is -0.140. The van der Waals surface area contributed by atoms with Crippen LogP contribution in [-0.2, 0) is 26.2 Å². The number of nitrogens with zero attached hydrogens (tertiary/aromatic N) is 2. The third kappa shape index (κ3) is 7.14. The Morgan fingerprint density at radius 3 is 2.39 bits per heavy atom. The highest BCUT2D eigenvalue weighted by atomic mass is 35.5. The van der Waals surface area contributed by atoms with E-state index in [4.69, 9.17) is 23.2 Å². The van der Waals surface area contributed by atoms with Gasteiger partial charge in [0.15, 0.2) is 0 Å². The zero-order valence-corrected chi connectivity index (χ0v) is 23.2. The van der Waals surface area contributed by atoms with Gasteiger partial charge in [-0.2, -0.15) is 0 Å². The van der Waals surface area contributed by atoms with E-state index in [0.717, 1.165) is 36.2 Å². The largest absolute Gasteiger partial charge is 0.352 e. The lowest BCUT2D eigenvalue weighted by atomic mass is 10.1. The van der Waals surface area contributed by atoms with Gasteiger partial charge in [0.1, 0.15) is 12.6 Å². The standard InChI is InChI=1S/C26H33Cl2N3O4S/c1-4-23(26(33)29-21-10-6-7-11-21)30(16-19-9-5-8-12-22(19)28)25(32)17-31(36(3,34)35)24-15-20(27)14-13-18(24)2/h5,8-9,12-15,21,23H,4,6-7,10-11,16-17H2,1-3H3,(H,29,33)/t23-/m1/s1. The van der Waals surface area contributed by atoms with Gasteiger partial charge >= 0.3 is 0 Å². The molecule has 0 spiro atoms. The van der Waals surface area contributed by atoms with Gasteiger partial charge in [-0.15, -0.1) is 0 Å². The van der Waals surface area contributed by atoms with Crippen LogP contribution in [0.1, 0.15) is 50.2 Å². The monoisotopic (exact) mass is 553 g/mol. The average Bonchev–Trinajstić information content (AvgIpc) is 3.32. The predicted molar refractivity (Wildman–Crippen MR) is 145 cm³/mol. The van der Waals surface area contributed by atoms with E-state index in [0.29, 0.717) is 33.3 Å². The van der Waals surface area contributed by atoms with Crippen molar-refractivity contribution in [3.63, 3.8) is 0 Å². The summed E-state index contributed by atoms with van der Waals surface area (Å²) in [6.45, 7) is 3.18. The highest BCUT2D eigenvalue weighted by molar-refractivity contribution is 7.92. The molecule has 0 aromatic heterocycles. The van der Waals surface area contributed by atoms with Crippen molar-refractivity contribution in [1.82, 2.24) is 10.2 Å². The molecule has 0 heterocycles. The van der Waals surface area contributed by atoms with Gasteiger partial charge in [0, 0.05) is 22.6 Å². The summed E-state index contributed by atoms with van der Waals surface area (Å²) in [6, 6.07) is 11.3. The first-order chi connectivity index (χ1) is 17.0. The summed E-state index contributed by atoms with van der Waals surface area (Å²) in [7, 11) is -3.84. The van der Waals surface area contributed by atoms with E-state index < -0.39 is 28.5 Å². The molecule has 1 atom stereocenters. The fourth-order valence-electron chi connectivity index (χ4n) is 4.54. The van der Waals surface area contributed by atoms with Crippen LogP contribution in [0.4, 0.5) is 5.69 Å². The molecule has 2 amide bonds. The first kappa shape index (κ1) is 28.3. The maximum Gasteiger partial charge on any atom is 0.244 e. The molecule has 196 valence electrons. The number of amides is 2. The molecule has 0 saturated heterocycles. The lowest BCUT2D eigenvalue weighted by Crippen LogP contribution is -2.53. The number of hydrogen-bond donors (Lipinski definition) is 1. The van der Waals surface area contributed by atoms with E-state index in [-0.39, 0.29) is 18.5 Å². The predicted octanol–water partition coefficient (Wildman–Crippen LogP) is 4.93. The smallest absolute Gasteiger partial charge is 0.244 e. The maximum absolute atomic E-state index is 13.8. The Labute approximate surface area is 223 Å². The molecule has 2 aromatic rings. The fraction of sp³-hybridized carbons (Fsp3) is 0.462. The molecule has 1 aliphatic rings. The number of anilines is 1. The first-order valence-electron chi connectivity index (χ1n) is 12.1. The number of halogens is 2. The van der Waals surface area contributed by atoms with Crippen molar-refractivity contribution in [3.8, 4) is 0 Å². The Kier molecular flexibility index (Phi) is 9.66. The number of benzene rings is 2. The summed E-state index contributed by atoms with van der Waals surface area (Å²) in [5.41, 5.74) is 1.64. The van der Waals surface area contributed by atoms with E-state index in [2.05, 4.69) is 5.32 Å². The van der Waals surface area contributed by atoms with Crippen LogP contribution in [0.15, 0.2) is 42.5 Å². The minimum absolute atomic E-state index is 0.0707. The summed E-state index contributed by atoms with van der Waals surface area (Å²) in [6.07, 6.45) is 5.36. The minimum Gasteiger partial charge on any atom is -0.352 e. The van der Waals surface area contributed by atoms with Gasteiger partial charge in [-0.3, -0.25) is 13.9 Å². The first-order valence-corrected chi connectivity index (χ1v) is 14.7. The molecule has 0 unspecified atom stereocenters. The molecule has 10 heteroatoms. The van der Waals surface area contributed by atoms with Crippen molar-refractivity contribution in [3.05, 3.63) is 63.6 Å². The summed E-state index contributed by atoms with van der Waals surface area (Å²) < 4.78 is 26.6. The summed E-state index contributed by atoms with van der Waals surface area (Å²) in [5, 5.41) is 3.90. The van der Waals surface area contributed by atoms with Crippen molar-refractivity contribution < 1.29 is 18.0 Å². The molecule has 0 bridgehead atoms. The molecule has 1 aliphatic carbocycles. The summed E-state index contributed by atoms with van der Waals surface area (Å²) in [4.78, 5) is 28.5. The zero-order valence-electron chi connectivity index (χ0n) is 20.8. The summed E-state index contributed by atoms with van der Waals surface area (Å²) in [5.74, 6) is -0.747. The molecule has 1 saturated carbocycles. The van der Waals surface area contributed by atoms with Gasteiger partial charge in [-0.25, -0.2) is 8.42 Å². The Morgan fingerprint density at radius 2 is 1.78 bits per heavy atom. The van der Waals surface area contributed by atoms with Crippen molar-refractivity contribution in [1.29, 1.82) is 0 Å². The highest BCUT2D eigenvalue weighted by Crippen LogP contribution is 2.27. The molecule has 7 nitrogen and oxygen atoms in total. The van der Waals surface area contributed by atoms with Crippen LogP contribution in [0.25, 0.3) is 0 Å². The number of hydrogen-bond acceptors (Lipinski definition) is 4. The molecular weight excluding hydrogens is 521 g/mol. The van der Waals surface area contributed by atoms with Crippen LogP contribution in [-0.4, -0.2) is 50.0 Å². The van der Waals surface area contributed by atoms with Crippen LogP contribution in [0.5, 0.6) is 0 Å². The van der Waals surface area contributed by atoms with Crippen LogP contribution in [0, 0.1) is 6.92 Å². The Balaban J connectivity index is 1.96. The number of carbonyl (C=O) groups excluding carboxylic acids is 2. The molecule has 1 N–H and O–H groups in total. The van der Waals surface area contributed by atoms with Gasteiger partial charge in [0.05, 0.1) is 11.9 Å². The van der Waals surface area contributed by atoms with E-state index in [1.807, 2.05) is 13.0 Å².